The van der Waals surface area contributed by atoms with Gasteiger partial charge < -0.3 is 20.4 Å². The van der Waals surface area contributed by atoms with Crippen LogP contribution in [0.2, 0.25) is 0 Å². The molecule has 0 radical (unpaired) electrons. The van der Waals surface area contributed by atoms with Crippen molar-refractivity contribution in [3.8, 4) is 0 Å². The molecule has 1 saturated carbocycles. The molecule has 4 aliphatic rings. The normalized spacial score (nSPS) is 21.9. The second-order valence-corrected chi connectivity index (χ2v) is 11.3. The molecule has 10 heteroatoms. The Kier molecular flexibility index (Phi) is 9.03. The molecule has 2 N–H and O–H groups in total. The highest BCUT2D eigenvalue weighted by Crippen LogP contribution is 2.37. The van der Waals surface area contributed by atoms with Gasteiger partial charge >= 0.3 is 6.03 Å². The molecule has 4 amide bonds. The molecule has 6 rings (SSSR count). The summed E-state index contributed by atoms with van der Waals surface area (Å²) in [6.45, 7) is 5.16. The third-order valence-corrected chi connectivity index (χ3v) is 8.09. The van der Waals surface area contributed by atoms with Gasteiger partial charge in [-0.1, -0.05) is 24.3 Å². The lowest BCUT2D eigenvalue weighted by molar-refractivity contribution is -0.132. The number of carbonyl (C=O) groups excluding carboxylic acids is 3. The number of carbonyl (C=O) groups is 3. The number of nitrogens with one attached hydrogen (secondary N) is 2. The van der Waals surface area contributed by atoms with E-state index in [0.29, 0.717) is 28.9 Å². The molecule has 3 fully saturated rings. The number of aliphatic imine (C=N–C) groups is 1. The van der Waals surface area contributed by atoms with E-state index in [4.69, 9.17) is 0 Å². The largest absolute Gasteiger partial charge is 0.376 e. The number of benzodiazepines with no additional fused rings is 1. The van der Waals surface area contributed by atoms with E-state index in [2.05, 4.69) is 15.6 Å². The van der Waals surface area contributed by atoms with Crippen LogP contribution in [0.4, 0.5) is 21.9 Å². The average molecular weight is 567 g/mol. The molecule has 2 aromatic carbocycles. The number of aryl methyl sites for hydroxylation is 1. The second kappa shape index (κ2) is 12.3. The third kappa shape index (κ3) is 6.25. The Bertz CT molecular complexity index is 1290. The van der Waals surface area contributed by atoms with Crippen LogP contribution in [-0.4, -0.2) is 68.4 Å². The molecular weight excluding hydrogens is 528 g/mol. The summed E-state index contributed by atoms with van der Waals surface area (Å²) in [5.41, 5.74) is 4.46. The van der Waals surface area contributed by atoms with Crippen LogP contribution in [0.5, 0.6) is 0 Å². The van der Waals surface area contributed by atoms with Crippen molar-refractivity contribution in [1.29, 1.82) is 0 Å². The topological polar surface area (TPSA) is 97.3 Å². The van der Waals surface area contributed by atoms with Gasteiger partial charge in [-0.2, -0.15) is 0 Å². The molecule has 3 aliphatic heterocycles. The van der Waals surface area contributed by atoms with Crippen LogP contribution in [0.3, 0.4) is 0 Å². The molecular formula is C30H39ClN6O3. The van der Waals surface area contributed by atoms with E-state index in [-0.39, 0.29) is 24.9 Å². The van der Waals surface area contributed by atoms with Gasteiger partial charge in [0.05, 0.1) is 11.4 Å². The molecule has 0 unspecified atom stereocenters. The molecule has 9 nitrogen and oxygen atoms in total. The maximum atomic E-state index is 14.1. The first-order valence-corrected chi connectivity index (χ1v) is 13.8. The van der Waals surface area contributed by atoms with Crippen LogP contribution in [0.15, 0.2) is 47.5 Å². The number of urea groups is 1. The molecule has 1 atom stereocenters. The van der Waals surface area contributed by atoms with E-state index in [9.17, 15) is 14.4 Å². The monoisotopic (exact) mass is 566 g/mol. The number of nitrogens with zero attached hydrogens (tertiary/aromatic N) is 4. The number of rotatable bonds is 5. The number of anilines is 3. The minimum atomic E-state index is -1.18. The van der Waals surface area contributed by atoms with Crippen molar-refractivity contribution in [2.24, 2.45) is 16.8 Å². The van der Waals surface area contributed by atoms with Crippen molar-refractivity contribution in [2.75, 3.05) is 48.8 Å². The van der Waals surface area contributed by atoms with Gasteiger partial charge in [0.2, 0.25) is 12.1 Å². The van der Waals surface area contributed by atoms with E-state index in [1.807, 2.05) is 74.1 Å². The van der Waals surface area contributed by atoms with Gasteiger partial charge in [-0.05, 0) is 75.1 Å². The van der Waals surface area contributed by atoms with Crippen molar-refractivity contribution in [1.82, 2.24) is 10.2 Å². The summed E-state index contributed by atoms with van der Waals surface area (Å²) in [5.74, 6) is 0.557. The smallest absolute Gasteiger partial charge is 0.321 e. The highest BCUT2D eigenvalue weighted by molar-refractivity contribution is 6.16. The summed E-state index contributed by atoms with van der Waals surface area (Å²) >= 11 is 0. The Morgan fingerprint density at radius 2 is 1.65 bits per heavy atom. The molecule has 2 bridgehead atoms. The Balaban J connectivity index is 0.00000370. The van der Waals surface area contributed by atoms with Crippen LogP contribution in [0, 0.1) is 18.8 Å². The SMILES string of the molecule is CC1=N[C@@H](NC(=O)Nc2cccc(C)c2)C(=O)N(CC(=O)N2CC3CCC(CC3)C2)c2c1cccc2N(C)C.Cl. The Labute approximate surface area is 242 Å². The van der Waals surface area contributed by atoms with Gasteiger partial charge in [0.15, 0.2) is 0 Å². The van der Waals surface area contributed by atoms with Crippen LogP contribution in [-0.2, 0) is 9.59 Å². The van der Waals surface area contributed by atoms with Gasteiger partial charge in [0, 0.05) is 44.1 Å². The Morgan fingerprint density at radius 1 is 1.00 bits per heavy atom. The number of para-hydroxylation sites is 1. The van der Waals surface area contributed by atoms with E-state index in [1.54, 1.807) is 6.07 Å². The van der Waals surface area contributed by atoms with Gasteiger partial charge in [0.1, 0.15) is 6.54 Å². The van der Waals surface area contributed by atoms with Gasteiger partial charge in [-0.15, -0.1) is 12.4 Å². The third-order valence-electron chi connectivity index (χ3n) is 8.09. The molecule has 1 aliphatic carbocycles. The minimum absolute atomic E-state index is 0. The zero-order valence-corrected chi connectivity index (χ0v) is 24.5. The van der Waals surface area contributed by atoms with Crippen LogP contribution in [0.1, 0.15) is 43.7 Å². The average Bonchev–Trinajstić information content (AvgIpc) is 3.28. The van der Waals surface area contributed by atoms with Gasteiger partial charge in [-0.25, -0.2) is 4.79 Å². The maximum absolute atomic E-state index is 14.1. The van der Waals surface area contributed by atoms with Crippen molar-refractivity contribution in [2.45, 2.75) is 45.7 Å². The quantitative estimate of drug-likeness (QED) is 0.559. The summed E-state index contributed by atoms with van der Waals surface area (Å²) in [6.07, 6.45) is 3.49. The van der Waals surface area contributed by atoms with Gasteiger partial charge in [0.25, 0.3) is 5.91 Å². The highest BCUT2D eigenvalue weighted by Gasteiger charge is 2.37. The lowest BCUT2D eigenvalue weighted by atomic mass is 9.84. The minimum Gasteiger partial charge on any atom is -0.376 e. The van der Waals surface area contributed by atoms with E-state index in [1.165, 1.54) is 30.6 Å². The lowest BCUT2D eigenvalue weighted by Gasteiger charge is -2.31. The fourth-order valence-electron chi connectivity index (χ4n) is 6.04. The van der Waals surface area contributed by atoms with Crippen LogP contribution >= 0.6 is 12.4 Å². The number of amides is 4. The number of fused-ring (bicyclic) bond motifs is 5. The molecule has 0 spiro atoms. The Morgan fingerprint density at radius 3 is 2.27 bits per heavy atom. The van der Waals surface area contributed by atoms with Gasteiger partial charge in [-0.3, -0.25) is 19.5 Å². The zero-order valence-electron chi connectivity index (χ0n) is 23.6. The van der Waals surface area contributed by atoms with E-state index < -0.39 is 18.1 Å². The summed E-state index contributed by atoms with van der Waals surface area (Å²) in [5, 5.41) is 5.53. The first kappa shape index (κ1) is 29.4. The maximum Gasteiger partial charge on any atom is 0.321 e. The Hall–Kier alpha value is -3.59. The van der Waals surface area contributed by atoms with Crippen LogP contribution in [0.25, 0.3) is 0 Å². The number of halogens is 1. The molecule has 40 heavy (non-hydrogen) atoms. The summed E-state index contributed by atoms with van der Waals surface area (Å²) in [6, 6.07) is 12.7. The number of hydrogen-bond acceptors (Lipinski definition) is 5. The fourth-order valence-corrected chi connectivity index (χ4v) is 6.04. The molecule has 2 aromatic rings. The summed E-state index contributed by atoms with van der Waals surface area (Å²) < 4.78 is 0. The van der Waals surface area contributed by atoms with Crippen LogP contribution < -0.4 is 20.4 Å². The first-order valence-electron chi connectivity index (χ1n) is 13.8. The zero-order chi connectivity index (χ0) is 27.7. The summed E-state index contributed by atoms with van der Waals surface area (Å²) in [7, 11) is 3.82. The predicted octanol–water partition coefficient (Wildman–Crippen LogP) is 4.43. The molecule has 214 valence electrons. The summed E-state index contributed by atoms with van der Waals surface area (Å²) in [4.78, 5) is 50.8. The number of benzene rings is 2. The second-order valence-electron chi connectivity index (χ2n) is 11.3. The number of hydrogen-bond donors (Lipinski definition) is 2. The highest BCUT2D eigenvalue weighted by atomic mass is 35.5. The van der Waals surface area contributed by atoms with Crippen molar-refractivity contribution in [3.63, 3.8) is 0 Å². The van der Waals surface area contributed by atoms with Crippen molar-refractivity contribution < 1.29 is 14.4 Å². The predicted molar refractivity (Wildman–Crippen MR) is 162 cm³/mol. The first-order chi connectivity index (χ1) is 18.7. The molecule has 3 heterocycles. The van der Waals surface area contributed by atoms with E-state index in [0.717, 1.165) is 29.9 Å². The molecule has 0 aromatic heterocycles. The standard InChI is InChI=1S/C30H38N6O3.ClH/c1-19-7-5-8-23(15-19)32-30(39)33-28-29(38)36(18-26(37)35-16-21-11-12-22(17-35)14-13-21)27-24(20(2)31-28)9-6-10-25(27)34(3)4;/h5-10,15,21-22,28H,11-14,16-18H2,1-4H3,(H2,32,33,39);1H/t21?,22?,28-;/m0./s1. The van der Waals surface area contributed by atoms with Crippen molar-refractivity contribution >= 4 is 53.0 Å². The van der Waals surface area contributed by atoms with E-state index >= 15 is 0 Å². The lowest BCUT2D eigenvalue weighted by Crippen LogP contribution is -2.52. The van der Waals surface area contributed by atoms with Crippen molar-refractivity contribution in [3.05, 3.63) is 53.6 Å². The molecule has 2 saturated heterocycles. The fraction of sp³-hybridized carbons (Fsp3) is 0.467.